The molecule has 2 saturated carbocycles. The largest absolute Gasteiger partial charge is 0.492 e. The lowest BCUT2D eigenvalue weighted by Crippen LogP contribution is -2.19. The number of hydrogen-bond acceptors (Lipinski definition) is 1. The highest BCUT2D eigenvalue weighted by Gasteiger charge is 2.23. The molecular weight excluding hydrogens is 311 g/mol. The van der Waals surface area contributed by atoms with Gasteiger partial charge in [-0.05, 0) is 55.1 Å². The Morgan fingerprint density at radius 1 is 1.04 bits per heavy atom. The van der Waals surface area contributed by atoms with E-state index in [4.69, 9.17) is 16.3 Å². The molecule has 3 heteroatoms. The lowest BCUT2D eigenvalue weighted by atomic mass is 9.83. The van der Waals surface area contributed by atoms with Gasteiger partial charge in [-0.3, -0.25) is 0 Å². The van der Waals surface area contributed by atoms with Crippen molar-refractivity contribution in [3.05, 3.63) is 28.5 Å². The molecule has 0 unspecified atom stereocenters. The van der Waals surface area contributed by atoms with Gasteiger partial charge in [-0.15, -0.1) is 0 Å². The normalized spacial score (nSPS) is 26.2. The second-order valence-corrected chi connectivity index (χ2v) is 7.93. The average Bonchev–Trinajstić information content (AvgIpc) is 2.58. The first-order chi connectivity index (χ1) is 11.1. The van der Waals surface area contributed by atoms with E-state index < -0.39 is 0 Å². The Morgan fingerprint density at radius 2 is 1.74 bits per heavy atom. The van der Waals surface area contributed by atoms with Gasteiger partial charge in [0, 0.05) is 0 Å². The lowest BCUT2D eigenvalue weighted by Gasteiger charge is -2.26. The predicted molar refractivity (Wildman–Crippen MR) is 93.9 cm³/mol. The minimum atomic E-state index is -0.256. The topological polar surface area (TPSA) is 9.23 Å². The van der Waals surface area contributed by atoms with E-state index >= 15 is 0 Å². The number of benzene rings is 1. The second-order valence-electron chi connectivity index (χ2n) is 7.55. The molecule has 128 valence electrons. The molecule has 0 heterocycles. The van der Waals surface area contributed by atoms with Crippen molar-refractivity contribution in [3.8, 4) is 5.75 Å². The summed E-state index contributed by atoms with van der Waals surface area (Å²) in [4.78, 5) is 0. The Kier molecular flexibility index (Phi) is 5.85. The van der Waals surface area contributed by atoms with Crippen molar-refractivity contribution in [2.24, 2.45) is 11.8 Å². The molecule has 0 radical (unpaired) electrons. The fraction of sp³-hybridized carbons (Fsp3) is 0.700. The summed E-state index contributed by atoms with van der Waals surface area (Å²) in [6.45, 7) is 2.97. The van der Waals surface area contributed by atoms with Crippen LogP contribution in [0.4, 0.5) is 4.39 Å². The predicted octanol–water partition coefficient (Wildman–Crippen LogP) is 6.73. The standard InChI is InChI=1S/C20H28ClFO/c1-14-7-9-15(10-8-14)13-23-18-12-11-17(20(22)19(18)21)16-5-3-2-4-6-16/h11-12,14-16H,2-10,13H2,1H3. The number of hydrogen-bond donors (Lipinski definition) is 0. The highest BCUT2D eigenvalue weighted by molar-refractivity contribution is 6.32. The van der Waals surface area contributed by atoms with Gasteiger partial charge in [-0.2, -0.15) is 0 Å². The van der Waals surface area contributed by atoms with E-state index in [1.165, 1.54) is 44.9 Å². The Balaban J connectivity index is 1.63. The monoisotopic (exact) mass is 338 g/mol. The van der Waals surface area contributed by atoms with Gasteiger partial charge in [-0.1, -0.05) is 56.7 Å². The summed E-state index contributed by atoms with van der Waals surface area (Å²) in [5, 5.41) is 0.178. The van der Waals surface area contributed by atoms with Crippen LogP contribution in [0.25, 0.3) is 0 Å². The van der Waals surface area contributed by atoms with Crippen molar-refractivity contribution >= 4 is 11.6 Å². The van der Waals surface area contributed by atoms with Crippen LogP contribution in [-0.4, -0.2) is 6.61 Å². The van der Waals surface area contributed by atoms with Crippen LogP contribution in [0, 0.1) is 17.7 Å². The molecule has 0 atom stereocenters. The van der Waals surface area contributed by atoms with Crippen LogP contribution in [0.1, 0.15) is 76.2 Å². The Labute approximate surface area is 144 Å². The Hall–Kier alpha value is -0.760. The van der Waals surface area contributed by atoms with Crippen LogP contribution in [-0.2, 0) is 0 Å². The van der Waals surface area contributed by atoms with E-state index in [-0.39, 0.29) is 10.8 Å². The van der Waals surface area contributed by atoms with E-state index in [0.29, 0.717) is 24.2 Å². The fourth-order valence-corrected chi connectivity index (χ4v) is 4.32. The SMILES string of the molecule is CC1CCC(COc2ccc(C3CCCCC3)c(F)c2Cl)CC1. The third kappa shape index (κ3) is 4.21. The van der Waals surface area contributed by atoms with Gasteiger partial charge >= 0.3 is 0 Å². The molecule has 3 rings (SSSR count). The summed E-state index contributed by atoms with van der Waals surface area (Å²) in [7, 11) is 0. The molecule has 2 aliphatic carbocycles. The van der Waals surface area contributed by atoms with Gasteiger partial charge in [0.1, 0.15) is 16.6 Å². The molecule has 0 saturated heterocycles. The maximum absolute atomic E-state index is 14.7. The zero-order chi connectivity index (χ0) is 16.2. The smallest absolute Gasteiger partial charge is 0.149 e. The van der Waals surface area contributed by atoms with Crippen molar-refractivity contribution in [1.29, 1.82) is 0 Å². The summed E-state index contributed by atoms with van der Waals surface area (Å²) in [5.74, 6) is 2.01. The van der Waals surface area contributed by atoms with Crippen molar-refractivity contribution in [2.45, 2.75) is 70.6 Å². The maximum atomic E-state index is 14.7. The van der Waals surface area contributed by atoms with Crippen molar-refractivity contribution in [3.63, 3.8) is 0 Å². The quantitative estimate of drug-likeness (QED) is 0.591. The van der Waals surface area contributed by atoms with E-state index in [2.05, 4.69) is 6.92 Å². The molecule has 23 heavy (non-hydrogen) atoms. The summed E-state index contributed by atoms with van der Waals surface area (Å²) < 4.78 is 20.5. The molecule has 1 nitrogen and oxygen atoms in total. The van der Waals surface area contributed by atoms with E-state index in [9.17, 15) is 4.39 Å². The molecular formula is C20H28ClFO. The van der Waals surface area contributed by atoms with Gasteiger partial charge in [0.2, 0.25) is 0 Å². The number of halogens is 2. The Bertz CT molecular complexity index is 517. The zero-order valence-corrected chi connectivity index (χ0v) is 14.9. The third-order valence-electron chi connectivity index (χ3n) is 5.73. The molecule has 0 aliphatic heterocycles. The third-order valence-corrected chi connectivity index (χ3v) is 6.08. The van der Waals surface area contributed by atoms with Gasteiger partial charge in [0.05, 0.1) is 6.61 Å². The van der Waals surface area contributed by atoms with Crippen molar-refractivity contribution in [2.75, 3.05) is 6.61 Å². The molecule has 0 amide bonds. The average molecular weight is 339 g/mol. The molecule has 0 bridgehead atoms. The molecule has 2 aliphatic rings. The molecule has 1 aromatic carbocycles. The van der Waals surface area contributed by atoms with Crippen LogP contribution >= 0.6 is 11.6 Å². The van der Waals surface area contributed by atoms with Crippen LogP contribution in [0.5, 0.6) is 5.75 Å². The van der Waals surface area contributed by atoms with Crippen LogP contribution in [0.2, 0.25) is 5.02 Å². The lowest BCUT2D eigenvalue weighted by molar-refractivity contribution is 0.187. The number of rotatable bonds is 4. The first-order valence-electron chi connectivity index (χ1n) is 9.26. The fourth-order valence-electron chi connectivity index (χ4n) is 4.09. The molecule has 0 spiro atoms. The summed E-state index contributed by atoms with van der Waals surface area (Å²) in [6.07, 6.45) is 10.8. The maximum Gasteiger partial charge on any atom is 0.149 e. The summed E-state index contributed by atoms with van der Waals surface area (Å²) in [5.41, 5.74) is 0.786. The van der Waals surface area contributed by atoms with Gasteiger partial charge in [0.15, 0.2) is 0 Å². The first kappa shape index (κ1) is 17.1. The molecule has 0 aromatic heterocycles. The molecule has 1 aromatic rings. The highest BCUT2D eigenvalue weighted by Crippen LogP contribution is 2.39. The van der Waals surface area contributed by atoms with Gasteiger partial charge in [-0.25, -0.2) is 4.39 Å². The van der Waals surface area contributed by atoms with Gasteiger partial charge in [0.25, 0.3) is 0 Å². The van der Waals surface area contributed by atoms with E-state index in [1.54, 1.807) is 0 Å². The second kappa shape index (κ2) is 7.88. The van der Waals surface area contributed by atoms with Crippen molar-refractivity contribution in [1.82, 2.24) is 0 Å². The highest BCUT2D eigenvalue weighted by atomic mass is 35.5. The van der Waals surface area contributed by atoms with Crippen LogP contribution in [0.3, 0.4) is 0 Å². The summed E-state index contributed by atoms with van der Waals surface area (Å²) >= 11 is 6.26. The summed E-state index contributed by atoms with van der Waals surface area (Å²) in [6, 6.07) is 3.77. The van der Waals surface area contributed by atoms with Gasteiger partial charge < -0.3 is 4.74 Å². The number of ether oxygens (including phenoxy) is 1. The van der Waals surface area contributed by atoms with E-state index in [1.807, 2.05) is 12.1 Å². The molecule has 2 fully saturated rings. The first-order valence-corrected chi connectivity index (χ1v) is 9.63. The van der Waals surface area contributed by atoms with E-state index in [0.717, 1.165) is 24.3 Å². The minimum absolute atomic E-state index is 0.178. The van der Waals surface area contributed by atoms with Crippen molar-refractivity contribution < 1.29 is 9.13 Å². The molecule has 0 N–H and O–H groups in total. The van der Waals surface area contributed by atoms with Crippen LogP contribution in [0.15, 0.2) is 12.1 Å². The zero-order valence-electron chi connectivity index (χ0n) is 14.1. The minimum Gasteiger partial charge on any atom is -0.492 e. The van der Waals surface area contributed by atoms with Crippen LogP contribution < -0.4 is 4.74 Å². The Morgan fingerprint density at radius 3 is 2.43 bits per heavy atom.